The molecule has 0 amide bonds. The van der Waals surface area contributed by atoms with E-state index in [-0.39, 0.29) is 12.2 Å². The number of fused-ring (bicyclic) bond motifs is 2. The van der Waals surface area contributed by atoms with Crippen LogP contribution in [0, 0.1) is 20.8 Å². The van der Waals surface area contributed by atoms with Crippen molar-refractivity contribution in [2.45, 2.75) is 33.7 Å². The molecule has 0 aliphatic carbocycles. The summed E-state index contributed by atoms with van der Waals surface area (Å²) < 4.78 is 3.43. The minimum absolute atomic E-state index is 0.130. The molecule has 1 aliphatic rings. The van der Waals surface area contributed by atoms with E-state index in [2.05, 4.69) is 32.9 Å². The maximum absolute atomic E-state index is 13.1. The normalized spacial score (nSPS) is 17.4. The molecule has 0 saturated carbocycles. The molecule has 4 aromatic heterocycles. The molecule has 0 aromatic carbocycles. The minimum Gasteiger partial charge on any atom is -0.395 e. The van der Waals surface area contributed by atoms with E-state index in [0.717, 1.165) is 47.8 Å². The zero-order valence-corrected chi connectivity index (χ0v) is 19.5. The van der Waals surface area contributed by atoms with Crippen molar-refractivity contribution in [1.29, 1.82) is 0 Å². The van der Waals surface area contributed by atoms with Gasteiger partial charge in [0.05, 0.1) is 41.1 Å². The number of β-amino-alcohol motifs (C(OH)–C–C–N with tert-alkyl or cyclic N) is 1. The third-order valence-electron chi connectivity index (χ3n) is 6.47. The molecule has 9 heteroatoms. The molecule has 1 atom stereocenters. The van der Waals surface area contributed by atoms with E-state index in [1.54, 1.807) is 15.0 Å². The molecule has 0 unspecified atom stereocenters. The quantitative estimate of drug-likeness (QED) is 0.510. The summed E-state index contributed by atoms with van der Waals surface area (Å²) in [6.45, 7) is 11.5. The SMILES string of the molecule is Cc1cn2nc(-c3cc(=O)n4cc(N5CCN(CCO)[C@H](C)C5)cc(C)c4n3)cc2c(C)n1. The van der Waals surface area contributed by atoms with Crippen molar-refractivity contribution in [2.24, 2.45) is 0 Å². The second-order valence-corrected chi connectivity index (χ2v) is 8.94. The van der Waals surface area contributed by atoms with Gasteiger partial charge >= 0.3 is 0 Å². The molecule has 0 radical (unpaired) electrons. The van der Waals surface area contributed by atoms with Crippen molar-refractivity contribution in [3.05, 3.63) is 57.9 Å². The van der Waals surface area contributed by atoms with Crippen molar-refractivity contribution in [1.82, 2.24) is 28.9 Å². The lowest BCUT2D eigenvalue weighted by Gasteiger charge is -2.40. The summed E-state index contributed by atoms with van der Waals surface area (Å²) in [7, 11) is 0. The first kappa shape index (κ1) is 21.5. The number of aryl methyl sites for hydroxylation is 3. The Kier molecular flexibility index (Phi) is 5.38. The molecule has 1 fully saturated rings. The third-order valence-corrected chi connectivity index (χ3v) is 6.47. The van der Waals surface area contributed by atoms with Crippen LogP contribution in [0.2, 0.25) is 0 Å². The minimum atomic E-state index is -0.130. The summed E-state index contributed by atoms with van der Waals surface area (Å²) >= 11 is 0. The first-order valence-electron chi connectivity index (χ1n) is 11.3. The largest absolute Gasteiger partial charge is 0.395 e. The van der Waals surface area contributed by atoms with Gasteiger partial charge in [-0.3, -0.25) is 19.1 Å². The number of anilines is 1. The Morgan fingerprint density at radius 2 is 1.88 bits per heavy atom. The number of nitrogens with zero attached hydrogens (tertiary/aromatic N) is 7. The van der Waals surface area contributed by atoms with Gasteiger partial charge in [-0.2, -0.15) is 5.10 Å². The Labute approximate surface area is 191 Å². The Balaban J connectivity index is 1.53. The van der Waals surface area contributed by atoms with Crippen LogP contribution in [0.25, 0.3) is 22.6 Å². The van der Waals surface area contributed by atoms with E-state index >= 15 is 0 Å². The number of rotatable bonds is 4. The molecule has 9 nitrogen and oxygen atoms in total. The molecule has 1 N–H and O–H groups in total. The Morgan fingerprint density at radius 1 is 1.06 bits per heavy atom. The third kappa shape index (κ3) is 3.87. The van der Waals surface area contributed by atoms with Gasteiger partial charge in [-0.1, -0.05) is 0 Å². The van der Waals surface area contributed by atoms with Gasteiger partial charge in [0.2, 0.25) is 0 Å². The number of hydrogen-bond donors (Lipinski definition) is 1. The van der Waals surface area contributed by atoms with E-state index in [0.29, 0.717) is 29.6 Å². The summed E-state index contributed by atoms with van der Waals surface area (Å²) in [6, 6.07) is 5.91. The predicted molar refractivity (Wildman–Crippen MR) is 128 cm³/mol. The number of aliphatic hydroxyl groups excluding tert-OH is 1. The van der Waals surface area contributed by atoms with Crippen LogP contribution in [0.15, 0.2) is 35.4 Å². The fraction of sp³-hybridized carbons (Fsp3) is 0.417. The number of aromatic nitrogens is 5. The lowest BCUT2D eigenvalue weighted by Crippen LogP contribution is -2.52. The van der Waals surface area contributed by atoms with Crippen molar-refractivity contribution in [3.8, 4) is 11.4 Å². The lowest BCUT2D eigenvalue weighted by atomic mass is 10.1. The van der Waals surface area contributed by atoms with Gasteiger partial charge in [0.25, 0.3) is 5.56 Å². The molecule has 5 rings (SSSR count). The summed E-state index contributed by atoms with van der Waals surface area (Å²) in [6.07, 6.45) is 3.76. The van der Waals surface area contributed by atoms with Crippen LogP contribution < -0.4 is 10.5 Å². The van der Waals surface area contributed by atoms with Crippen LogP contribution in [-0.4, -0.2) is 72.8 Å². The van der Waals surface area contributed by atoms with E-state index in [1.165, 1.54) is 0 Å². The average molecular weight is 448 g/mol. The average Bonchev–Trinajstić information content (AvgIpc) is 3.20. The standard InChI is InChI=1S/C24H29N7O2/c1-15-9-19(29-6-5-28(7-8-32)17(3)13-29)14-30-23(33)11-20(26-24(15)30)21-10-22-18(4)25-16(2)12-31(22)27-21/h9-12,14,17,32H,5-8,13H2,1-4H3/t17-/m1/s1. The first-order valence-corrected chi connectivity index (χ1v) is 11.3. The van der Waals surface area contributed by atoms with Gasteiger partial charge in [-0.15, -0.1) is 0 Å². The van der Waals surface area contributed by atoms with Gasteiger partial charge in [0.15, 0.2) is 0 Å². The van der Waals surface area contributed by atoms with Crippen LogP contribution in [-0.2, 0) is 0 Å². The lowest BCUT2D eigenvalue weighted by molar-refractivity contribution is 0.146. The van der Waals surface area contributed by atoms with Crippen molar-refractivity contribution in [2.75, 3.05) is 37.7 Å². The smallest absolute Gasteiger partial charge is 0.258 e. The number of pyridine rings is 1. The van der Waals surface area contributed by atoms with Crippen LogP contribution in [0.3, 0.4) is 0 Å². The van der Waals surface area contributed by atoms with E-state index < -0.39 is 0 Å². The second kappa shape index (κ2) is 8.24. The van der Waals surface area contributed by atoms with Gasteiger partial charge in [-0.05, 0) is 45.4 Å². The summed E-state index contributed by atoms with van der Waals surface area (Å²) in [5, 5.41) is 13.9. The monoisotopic (exact) mass is 447 g/mol. The Hall–Kier alpha value is -3.30. The highest BCUT2D eigenvalue weighted by Gasteiger charge is 2.24. The molecule has 33 heavy (non-hydrogen) atoms. The maximum Gasteiger partial charge on any atom is 0.258 e. The highest BCUT2D eigenvalue weighted by Crippen LogP contribution is 2.24. The van der Waals surface area contributed by atoms with Crippen molar-refractivity contribution < 1.29 is 5.11 Å². The zero-order chi connectivity index (χ0) is 23.3. The summed E-state index contributed by atoms with van der Waals surface area (Å²) in [5.74, 6) is 0. The Bertz CT molecular complexity index is 1410. The molecular formula is C24H29N7O2. The molecule has 1 aliphatic heterocycles. The fourth-order valence-corrected chi connectivity index (χ4v) is 4.76. The van der Waals surface area contributed by atoms with Crippen LogP contribution >= 0.6 is 0 Å². The molecule has 1 saturated heterocycles. The summed E-state index contributed by atoms with van der Waals surface area (Å²) in [4.78, 5) is 27.0. The number of aliphatic hydroxyl groups is 1. The number of piperazine rings is 1. The van der Waals surface area contributed by atoms with Gasteiger partial charge < -0.3 is 10.0 Å². The van der Waals surface area contributed by atoms with Gasteiger partial charge in [0, 0.05) is 44.5 Å². The fourth-order valence-electron chi connectivity index (χ4n) is 4.76. The molecule has 0 spiro atoms. The van der Waals surface area contributed by atoms with Crippen LogP contribution in [0.4, 0.5) is 5.69 Å². The highest BCUT2D eigenvalue weighted by molar-refractivity contribution is 5.67. The van der Waals surface area contributed by atoms with Crippen LogP contribution in [0.1, 0.15) is 23.9 Å². The molecular weight excluding hydrogens is 418 g/mol. The second-order valence-electron chi connectivity index (χ2n) is 8.94. The first-order chi connectivity index (χ1) is 15.8. The topological polar surface area (TPSA) is 91.3 Å². The van der Waals surface area contributed by atoms with Crippen molar-refractivity contribution in [3.63, 3.8) is 0 Å². The highest BCUT2D eigenvalue weighted by atomic mass is 16.3. The number of hydrogen-bond acceptors (Lipinski definition) is 7. The summed E-state index contributed by atoms with van der Waals surface area (Å²) in [5.41, 5.74) is 6.35. The van der Waals surface area contributed by atoms with Gasteiger partial charge in [0.1, 0.15) is 11.3 Å². The molecule has 5 heterocycles. The van der Waals surface area contributed by atoms with Gasteiger partial charge in [-0.25, -0.2) is 9.50 Å². The molecule has 0 bridgehead atoms. The Morgan fingerprint density at radius 3 is 2.64 bits per heavy atom. The zero-order valence-electron chi connectivity index (χ0n) is 19.5. The van der Waals surface area contributed by atoms with Crippen LogP contribution in [0.5, 0.6) is 0 Å². The van der Waals surface area contributed by atoms with E-state index in [1.807, 2.05) is 39.2 Å². The van der Waals surface area contributed by atoms with E-state index in [4.69, 9.17) is 4.98 Å². The van der Waals surface area contributed by atoms with Crippen molar-refractivity contribution >= 4 is 16.9 Å². The molecule has 172 valence electrons. The predicted octanol–water partition coefficient (Wildman–Crippen LogP) is 1.83. The maximum atomic E-state index is 13.1. The molecule has 4 aromatic rings. The van der Waals surface area contributed by atoms with E-state index in [9.17, 15) is 9.90 Å².